The maximum Gasteiger partial charge on any atom is 0.275 e. The van der Waals surface area contributed by atoms with Gasteiger partial charge in [-0.2, -0.15) is 5.10 Å². The summed E-state index contributed by atoms with van der Waals surface area (Å²) < 4.78 is 3.49. The number of hydrogen-bond acceptors (Lipinski definition) is 4. The van der Waals surface area contributed by atoms with Crippen molar-refractivity contribution in [2.75, 3.05) is 6.54 Å². The van der Waals surface area contributed by atoms with Crippen LogP contribution in [0.5, 0.6) is 0 Å². The molecule has 1 fully saturated rings. The SMILES string of the molecule is CC(C)n1nc(C(=O)N2CCC[C@@H]2c2nc3ccccc3n2C)c2ccccc2c1=O. The minimum atomic E-state index is -0.171. The Morgan fingerprint density at radius 3 is 2.52 bits per heavy atom. The van der Waals surface area contributed by atoms with E-state index in [0.717, 1.165) is 29.7 Å². The van der Waals surface area contributed by atoms with E-state index in [1.807, 2.05) is 68.3 Å². The predicted octanol–water partition coefficient (Wildman–Crippen LogP) is 3.84. The number of rotatable bonds is 3. The lowest BCUT2D eigenvalue weighted by atomic mass is 10.1. The monoisotopic (exact) mass is 415 g/mol. The van der Waals surface area contributed by atoms with Gasteiger partial charge in [0.05, 0.1) is 28.5 Å². The normalized spacial score (nSPS) is 16.6. The number of amides is 1. The Hall–Kier alpha value is -3.48. The van der Waals surface area contributed by atoms with Gasteiger partial charge in [0.15, 0.2) is 5.69 Å². The van der Waals surface area contributed by atoms with Gasteiger partial charge in [-0.3, -0.25) is 9.59 Å². The zero-order valence-electron chi connectivity index (χ0n) is 17.9. The summed E-state index contributed by atoms with van der Waals surface area (Å²) in [4.78, 5) is 33.3. The first-order chi connectivity index (χ1) is 15.0. The minimum absolute atomic E-state index is 0.120. The Morgan fingerprint density at radius 1 is 1.06 bits per heavy atom. The number of imidazole rings is 1. The summed E-state index contributed by atoms with van der Waals surface area (Å²) in [5, 5.41) is 5.65. The average molecular weight is 415 g/mol. The van der Waals surface area contributed by atoms with E-state index in [1.54, 1.807) is 6.07 Å². The number of aromatic nitrogens is 4. The number of aryl methyl sites for hydroxylation is 1. The van der Waals surface area contributed by atoms with Crippen molar-refractivity contribution in [2.24, 2.45) is 7.05 Å². The maximum absolute atomic E-state index is 13.8. The van der Waals surface area contributed by atoms with Gasteiger partial charge in [-0.1, -0.05) is 30.3 Å². The number of likely N-dealkylation sites (tertiary alicyclic amines) is 1. The van der Waals surface area contributed by atoms with Crippen molar-refractivity contribution in [3.05, 3.63) is 70.4 Å². The zero-order chi connectivity index (χ0) is 21.7. The molecule has 0 aliphatic carbocycles. The number of para-hydroxylation sites is 2. The van der Waals surface area contributed by atoms with Crippen LogP contribution >= 0.6 is 0 Å². The third kappa shape index (κ3) is 3.03. The van der Waals surface area contributed by atoms with Crippen molar-refractivity contribution in [1.82, 2.24) is 24.2 Å². The van der Waals surface area contributed by atoms with E-state index in [4.69, 9.17) is 4.98 Å². The fourth-order valence-electron chi connectivity index (χ4n) is 4.59. The quantitative estimate of drug-likeness (QED) is 0.510. The number of carbonyl (C=O) groups excluding carboxylic acids is 1. The van der Waals surface area contributed by atoms with Crippen molar-refractivity contribution < 1.29 is 4.79 Å². The van der Waals surface area contributed by atoms with Crippen LogP contribution in [-0.2, 0) is 7.05 Å². The molecule has 1 amide bonds. The summed E-state index contributed by atoms with van der Waals surface area (Å²) in [5.74, 6) is 0.730. The average Bonchev–Trinajstić information content (AvgIpc) is 3.38. The Kier molecular flexibility index (Phi) is 4.61. The third-order valence-electron chi connectivity index (χ3n) is 6.15. The van der Waals surface area contributed by atoms with Crippen LogP contribution in [0.15, 0.2) is 53.3 Å². The second kappa shape index (κ2) is 7.34. The molecule has 0 bridgehead atoms. The largest absolute Gasteiger partial charge is 0.329 e. The first-order valence-electron chi connectivity index (χ1n) is 10.7. The number of hydrogen-bond donors (Lipinski definition) is 0. The Balaban J connectivity index is 1.63. The van der Waals surface area contributed by atoms with Gasteiger partial charge in [0.2, 0.25) is 0 Å². The molecular weight excluding hydrogens is 390 g/mol. The summed E-state index contributed by atoms with van der Waals surface area (Å²) in [5.41, 5.74) is 2.13. The summed E-state index contributed by atoms with van der Waals surface area (Å²) >= 11 is 0. The molecule has 1 aliphatic rings. The van der Waals surface area contributed by atoms with Crippen molar-refractivity contribution in [3.63, 3.8) is 0 Å². The molecule has 1 aliphatic heterocycles. The van der Waals surface area contributed by atoms with Crippen molar-refractivity contribution in [2.45, 2.75) is 38.8 Å². The Labute approximate surface area is 179 Å². The second-order valence-corrected chi connectivity index (χ2v) is 8.41. The smallest absolute Gasteiger partial charge is 0.275 e. The fourth-order valence-corrected chi connectivity index (χ4v) is 4.59. The van der Waals surface area contributed by atoms with Crippen LogP contribution in [0.25, 0.3) is 21.8 Å². The molecule has 158 valence electrons. The van der Waals surface area contributed by atoms with E-state index in [1.165, 1.54) is 4.68 Å². The Morgan fingerprint density at radius 2 is 1.77 bits per heavy atom. The second-order valence-electron chi connectivity index (χ2n) is 8.41. The van der Waals surface area contributed by atoms with Gasteiger partial charge >= 0.3 is 0 Å². The molecule has 0 unspecified atom stereocenters. The van der Waals surface area contributed by atoms with E-state index in [9.17, 15) is 9.59 Å². The van der Waals surface area contributed by atoms with Crippen LogP contribution < -0.4 is 5.56 Å². The molecule has 5 rings (SSSR count). The standard InChI is InChI=1S/C24H25N5O2/c1-15(2)29-23(30)17-10-5-4-9-16(17)21(26-29)24(31)28-14-8-13-20(28)22-25-18-11-6-7-12-19(18)27(22)3/h4-7,9-12,15,20H,8,13-14H2,1-3H3/t20-/m1/s1. The van der Waals surface area contributed by atoms with E-state index in [2.05, 4.69) is 9.67 Å². The van der Waals surface area contributed by atoms with Gasteiger partial charge in [-0.25, -0.2) is 9.67 Å². The van der Waals surface area contributed by atoms with E-state index in [0.29, 0.717) is 23.0 Å². The highest BCUT2D eigenvalue weighted by molar-refractivity contribution is 6.05. The van der Waals surface area contributed by atoms with Gasteiger partial charge in [0, 0.05) is 19.0 Å². The van der Waals surface area contributed by atoms with Gasteiger partial charge in [0.1, 0.15) is 5.82 Å². The van der Waals surface area contributed by atoms with E-state index < -0.39 is 0 Å². The number of nitrogens with zero attached hydrogens (tertiary/aromatic N) is 5. The van der Waals surface area contributed by atoms with Gasteiger partial charge in [-0.15, -0.1) is 0 Å². The number of benzene rings is 2. The Bertz CT molecular complexity index is 1370. The van der Waals surface area contributed by atoms with Crippen LogP contribution in [0.3, 0.4) is 0 Å². The molecule has 4 aromatic rings. The van der Waals surface area contributed by atoms with Crippen molar-refractivity contribution >= 4 is 27.7 Å². The van der Waals surface area contributed by atoms with Crippen LogP contribution in [0.4, 0.5) is 0 Å². The summed E-state index contributed by atoms with van der Waals surface area (Å²) in [6.45, 7) is 4.44. The highest BCUT2D eigenvalue weighted by Gasteiger charge is 2.35. The summed E-state index contributed by atoms with van der Waals surface area (Å²) in [7, 11) is 2.00. The molecule has 0 N–H and O–H groups in total. The van der Waals surface area contributed by atoms with Crippen molar-refractivity contribution in [3.8, 4) is 0 Å². The lowest BCUT2D eigenvalue weighted by molar-refractivity contribution is 0.0721. The molecule has 0 saturated carbocycles. The molecular formula is C24H25N5O2. The maximum atomic E-state index is 13.8. The van der Waals surface area contributed by atoms with Gasteiger partial charge in [0.25, 0.3) is 11.5 Å². The first-order valence-corrected chi connectivity index (χ1v) is 10.7. The third-order valence-corrected chi connectivity index (χ3v) is 6.15. The number of carbonyl (C=O) groups is 1. The highest BCUT2D eigenvalue weighted by Crippen LogP contribution is 2.34. The lowest BCUT2D eigenvalue weighted by Gasteiger charge is -2.25. The lowest BCUT2D eigenvalue weighted by Crippen LogP contribution is -2.35. The molecule has 7 nitrogen and oxygen atoms in total. The molecule has 1 atom stereocenters. The van der Waals surface area contributed by atoms with Crippen LogP contribution in [0.1, 0.15) is 55.1 Å². The van der Waals surface area contributed by atoms with Crippen molar-refractivity contribution in [1.29, 1.82) is 0 Å². The van der Waals surface area contributed by atoms with E-state index in [-0.39, 0.29) is 23.6 Å². The molecule has 7 heteroatoms. The minimum Gasteiger partial charge on any atom is -0.329 e. The summed E-state index contributed by atoms with van der Waals surface area (Å²) in [6, 6.07) is 15.0. The van der Waals surface area contributed by atoms with E-state index >= 15 is 0 Å². The zero-order valence-corrected chi connectivity index (χ0v) is 17.9. The van der Waals surface area contributed by atoms with Crippen LogP contribution in [-0.4, -0.2) is 36.7 Å². The predicted molar refractivity (Wildman–Crippen MR) is 120 cm³/mol. The number of fused-ring (bicyclic) bond motifs is 2. The first kappa shape index (κ1) is 19.5. The van der Waals surface area contributed by atoms with Crippen LogP contribution in [0.2, 0.25) is 0 Å². The van der Waals surface area contributed by atoms with Crippen LogP contribution in [0, 0.1) is 0 Å². The highest BCUT2D eigenvalue weighted by atomic mass is 16.2. The molecule has 0 spiro atoms. The molecule has 0 radical (unpaired) electrons. The molecule has 2 aromatic heterocycles. The molecule has 3 heterocycles. The summed E-state index contributed by atoms with van der Waals surface area (Å²) in [6.07, 6.45) is 1.76. The fraction of sp³-hybridized carbons (Fsp3) is 0.333. The van der Waals surface area contributed by atoms with Gasteiger partial charge in [-0.05, 0) is 44.9 Å². The molecule has 1 saturated heterocycles. The molecule has 31 heavy (non-hydrogen) atoms. The van der Waals surface area contributed by atoms with Gasteiger partial charge < -0.3 is 9.47 Å². The topological polar surface area (TPSA) is 73.0 Å². The molecule has 2 aromatic carbocycles.